The Balaban J connectivity index is 4.75. The number of hydrogen-bond acceptors (Lipinski definition) is 6. The zero-order valence-corrected chi connectivity index (χ0v) is 17.9. The van der Waals surface area contributed by atoms with Crippen LogP contribution in [-0.2, 0) is 17.9 Å². The molecule has 2 N–H and O–H groups in total. The molecule has 6 nitrogen and oxygen atoms in total. The van der Waals surface area contributed by atoms with Gasteiger partial charge in [-0.25, -0.2) is 9.05 Å². The standard InChI is InChI=1S/C18H38N2O4Si/c1-7-11-13-15-17(5)19-23-25(21-9-3,22-10-4)24-20-18(6)16-14-12-8-2/h15-16,19-20H,7-14H2,1-6H3. The van der Waals surface area contributed by atoms with Gasteiger partial charge in [0.2, 0.25) is 0 Å². The highest BCUT2D eigenvalue weighted by molar-refractivity contribution is 6.53. The van der Waals surface area contributed by atoms with Crippen LogP contribution in [0.2, 0.25) is 0 Å². The third kappa shape index (κ3) is 12.2. The molecule has 0 atom stereocenters. The van der Waals surface area contributed by atoms with Gasteiger partial charge in [0.25, 0.3) is 0 Å². The lowest BCUT2D eigenvalue weighted by atomic mass is 10.2. The largest absolute Gasteiger partial charge is 0.724 e. The van der Waals surface area contributed by atoms with Crippen LogP contribution in [0, 0.1) is 0 Å². The van der Waals surface area contributed by atoms with Crippen molar-refractivity contribution in [1.29, 1.82) is 0 Å². The summed E-state index contributed by atoms with van der Waals surface area (Å²) in [6.07, 6.45) is 10.9. The maximum absolute atomic E-state index is 5.74. The Labute approximate surface area is 155 Å². The average Bonchev–Trinajstić information content (AvgIpc) is 2.59. The maximum atomic E-state index is 5.74. The quantitative estimate of drug-likeness (QED) is 0.231. The summed E-state index contributed by atoms with van der Waals surface area (Å²) in [5, 5.41) is 0. The Morgan fingerprint density at radius 3 is 1.48 bits per heavy atom. The topological polar surface area (TPSA) is 61.0 Å². The molecular formula is C18H38N2O4Si. The van der Waals surface area contributed by atoms with Crippen molar-refractivity contribution in [1.82, 2.24) is 11.0 Å². The van der Waals surface area contributed by atoms with Crippen molar-refractivity contribution in [3.05, 3.63) is 23.5 Å². The predicted molar refractivity (Wildman–Crippen MR) is 104 cm³/mol. The lowest BCUT2D eigenvalue weighted by Crippen LogP contribution is -2.54. The van der Waals surface area contributed by atoms with Gasteiger partial charge in [0.1, 0.15) is 0 Å². The zero-order chi connectivity index (χ0) is 19.0. The minimum Gasteiger partial charge on any atom is -0.349 e. The molecule has 0 aromatic rings. The smallest absolute Gasteiger partial charge is 0.349 e. The van der Waals surface area contributed by atoms with Crippen LogP contribution in [-0.4, -0.2) is 22.3 Å². The van der Waals surface area contributed by atoms with E-state index in [1.165, 1.54) is 0 Å². The number of nitrogens with one attached hydrogen (secondary N) is 2. The van der Waals surface area contributed by atoms with Crippen LogP contribution in [0.25, 0.3) is 0 Å². The first-order valence-electron chi connectivity index (χ1n) is 9.52. The summed E-state index contributed by atoms with van der Waals surface area (Å²) in [5.74, 6) is 0. The number of hydroxylamine groups is 2. The molecule has 0 aliphatic heterocycles. The SMILES string of the molecule is CCCCC=C(C)NO[Si](OCC)(OCC)ONC(C)=CCCCC. The fraction of sp³-hybridized carbons (Fsp3) is 0.778. The van der Waals surface area contributed by atoms with Crippen molar-refractivity contribution in [2.45, 2.75) is 80.1 Å². The number of rotatable bonds is 16. The molecule has 0 aromatic heterocycles. The second kappa shape index (κ2) is 15.4. The van der Waals surface area contributed by atoms with Gasteiger partial charge in [-0.3, -0.25) is 11.0 Å². The van der Waals surface area contributed by atoms with Crippen molar-refractivity contribution in [3.8, 4) is 0 Å². The first kappa shape index (κ1) is 24.1. The van der Waals surface area contributed by atoms with Crippen molar-refractivity contribution in [2.75, 3.05) is 13.2 Å². The van der Waals surface area contributed by atoms with Gasteiger partial charge >= 0.3 is 9.05 Å². The second-order valence-electron chi connectivity index (χ2n) is 5.83. The van der Waals surface area contributed by atoms with Crippen LogP contribution in [0.4, 0.5) is 0 Å². The van der Waals surface area contributed by atoms with E-state index in [0.29, 0.717) is 13.2 Å². The number of unbranched alkanes of at least 4 members (excludes halogenated alkanes) is 4. The fourth-order valence-corrected chi connectivity index (χ4v) is 3.59. The van der Waals surface area contributed by atoms with E-state index >= 15 is 0 Å². The molecular weight excluding hydrogens is 336 g/mol. The third-order valence-corrected chi connectivity index (χ3v) is 5.32. The normalized spacial score (nSPS) is 13.2. The molecule has 0 radical (unpaired) electrons. The van der Waals surface area contributed by atoms with E-state index in [9.17, 15) is 0 Å². The van der Waals surface area contributed by atoms with Crippen molar-refractivity contribution < 1.29 is 17.9 Å². The molecule has 0 aromatic carbocycles. The van der Waals surface area contributed by atoms with Crippen molar-refractivity contribution >= 4 is 9.05 Å². The molecule has 0 bridgehead atoms. The maximum Gasteiger partial charge on any atom is 0.724 e. The molecule has 7 heteroatoms. The van der Waals surface area contributed by atoms with Gasteiger partial charge < -0.3 is 8.85 Å². The van der Waals surface area contributed by atoms with Gasteiger partial charge in [-0.05, 0) is 40.5 Å². The Hall–Kier alpha value is -0.863. The van der Waals surface area contributed by atoms with Crippen LogP contribution in [0.3, 0.4) is 0 Å². The van der Waals surface area contributed by atoms with E-state index in [2.05, 4.69) is 37.0 Å². The number of allylic oxidation sites excluding steroid dienone is 4. The van der Waals surface area contributed by atoms with Crippen LogP contribution in [0.15, 0.2) is 23.5 Å². The zero-order valence-electron chi connectivity index (χ0n) is 16.9. The molecule has 0 fully saturated rings. The molecule has 0 spiro atoms. The molecule has 25 heavy (non-hydrogen) atoms. The summed E-state index contributed by atoms with van der Waals surface area (Å²) < 4.78 is 22.9. The molecule has 148 valence electrons. The van der Waals surface area contributed by atoms with Gasteiger partial charge in [0.15, 0.2) is 0 Å². The Morgan fingerprint density at radius 1 is 0.760 bits per heavy atom. The molecule has 0 rings (SSSR count). The third-order valence-electron chi connectivity index (χ3n) is 3.33. The van der Waals surface area contributed by atoms with E-state index in [1.54, 1.807) is 0 Å². The van der Waals surface area contributed by atoms with Gasteiger partial charge in [-0.2, -0.15) is 0 Å². The first-order valence-corrected chi connectivity index (χ1v) is 11.2. The average molecular weight is 375 g/mol. The summed E-state index contributed by atoms with van der Waals surface area (Å²) in [5.41, 5.74) is 7.67. The second-order valence-corrected chi connectivity index (χ2v) is 7.82. The summed E-state index contributed by atoms with van der Waals surface area (Å²) in [4.78, 5) is 0. The van der Waals surface area contributed by atoms with E-state index < -0.39 is 9.05 Å². The summed E-state index contributed by atoms with van der Waals surface area (Å²) in [7, 11) is -3.32. The van der Waals surface area contributed by atoms with E-state index in [1.807, 2.05) is 27.7 Å². The monoisotopic (exact) mass is 374 g/mol. The van der Waals surface area contributed by atoms with Gasteiger partial charge in [-0.15, -0.1) is 0 Å². The predicted octanol–water partition coefficient (Wildman–Crippen LogP) is 4.73. The summed E-state index contributed by atoms with van der Waals surface area (Å²) in [6, 6.07) is 0. The molecule has 0 unspecified atom stereocenters. The summed E-state index contributed by atoms with van der Waals surface area (Å²) >= 11 is 0. The van der Waals surface area contributed by atoms with E-state index in [4.69, 9.17) is 17.9 Å². The molecule has 0 saturated heterocycles. The minimum atomic E-state index is -3.32. The number of hydrogen-bond donors (Lipinski definition) is 2. The Bertz CT molecular complexity index is 353. The molecule has 0 aliphatic rings. The summed E-state index contributed by atoms with van der Waals surface area (Å²) in [6.45, 7) is 12.9. The van der Waals surface area contributed by atoms with Crippen LogP contribution < -0.4 is 11.0 Å². The lowest BCUT2D eigenvalue weighted by Gasteiger charge is -2.27. The minimum absolute atomic E-state index is 0.437. The molecule has 0 aliphatic carbocycles. The lowest BCUT2D eigenvalue weighted by molar-refractivity contribution is -0.0708. The molecule has 0 saturated carbocycles. The van der Waals surface area contributed by atoms with Gasteiger partial charge in [-0.1, -0.05) is 51.7 Å². The van der Waals surface area contributed by atoms with Crippen molar-refractivity contribution in [2.24, 2.45) is 0 Å². The highest BCUT2D eigenvalue weighted by Crippen LogP contribution is 2.12. The van der Waals surface area contributed by atoms with Crippen molar-refractivity contribution in [3.63, 3.8) is 0 Å². The molecule has 0 heterocycles. The van der Waals surface area contributed by atoms with Gasteiger partial charge in [0, 0.05) is 24.6 Å². The highest BCUT2D eigenvalue weighted by Gasteiger charge is 2.48. The van der Waals surface area contributed by atoms with Crippen LogP contribution in [0.5, 0.6) is 0 Å². The van der Waals surface area contributed by atoms with E-state index in [-0.39, 0.29) is 0 Å². The molecule has 0 amide bonds. The highest BCUT2D eigenvalue weighted by atomic mass is 28.4. The van der Waals surface area contributed by atoms with Gasteiger partial charge in [0.05, 0.1) is 0 Å². The van der Waals surface area contributed by atoms with Crippen LogP contribution in [0.1, 0.15) is 80.1 Å². The first-order chi connectivity index (χ1) is 12.0. The fourth-order valence-electron chi connectivity index (χ4n) is 1.95. The van der Waals surface area contributed by atoms with E-state index in [0.717, 1.165) is 49.9 Å². The Morgan fingerprint density at radius 2 is 1.16 bits per heavy atom. The Kier molecular flexibility index (Phi) is 14.9. The van der Waals surface area contributed by atoms with Crippen LogP contribution >= 0.6 is 0 Å².